The lowest BCUT2D eigenvalue weighted by atomic mass is 10.1. The van der Waals surface area contributed by atoms with E-state index in [4.69, 9.17) is 0 Å². The van der Waals surface area contributed by atoms with Crippen LogP contribution in [0.4, 0.5) is 5.69 Å². The van der Waals surface area contributed by atoms with E-state index in [0.29, 0.717) is 22.5 Å². The van der Waals surface area contributed by atoms with Crippen LogP contribution in [0.15, 0.2) is 59.5 Å². The van der Waals surface area contributed by atoms with E-state index in [1.807, 2.05) is 48.7 Å². The van der Waals surface area contributed by atoms with Gasteiger partial charge in [0.05, 0.1) is 28.7 Å². The van der Waals surface area contributed by atoms with E-state index in [1.54, 1.807) is 13.1 Å². The minimum absolute atomic E-state index is 0.0932. The zero-order chi connectivity index (χ0) is 19.8. The van der Waals surface area contributed by atoms with Gasteiger partial charge in [0.25, 0.3) is 5.56 Å². The molecule has 6 heteroatoms. The highest BCUT2D eigenvalue weighted by Crippen LogP contribution is 2.27. The van der Waals surface area contributed by atoms with Crippen LogP contribution in [0, 0.1) is 0 Å². The minimum atomic E-state index is -0.167. The fraction of sp³-hybridized carbons (Fsp3) is 0.227. The molecule has 0 aliphatic heterocycles. The van der Waals surface area contributed by atoms with Crippen molar-refractivity contribution in [2.24, 2.45) is 7.05 Å². The summed E-state index contributed by atoms with van der Waals surface area (Å²) >= 11 is 0. The summed E-state index contributed by atoms with van der Waals surface area (Å²) in [6.07, 6.45) is 2.13. The van der Waals surface area contributed by atoms with Crippen molar-refractivity contribution in [3.05, 3.63) is 70.8 Å². The normalized spacial score (nSPS) is 11.4. The first-order valence-electron chi connectivity index (χ1n) is 9.30. The molecule has 1 amide bonds. The third kappa shape index (κ3) is 3.07. The Kier molecular flexibility index (Phi) is 4.47. The molecule has 4 rings (SSSR count). The highest BCUT2D eigenvalue weighted by molar-refractivity contribution is 6.02. The zero-order valence-electron chi connectivity index (χ0n) is 16.1. The molecule has 2 aromatic heterocycles. The lowest BCUT2D eigenvalue weighted by Crippen LogP contribution is -2.24. The van der Waals surface area contributed by atoms with Crippen molar-refractivity contribution in [1.29, 1.82) is 0 Å². The van der Waals surface area contributed by atoms with Crippen molar-refractivity contribution in [3.8, 4) is 0 Å². The molecule has 1 N–H and O–H groups in total. The molecule has 0 radical (unpaired) electrons. The first-order valence-corrected chi connectivity index (χ1v) is 9.30. The number of benzene rings is 2. The molecular weight excluding hydrogens is 352 g/mol. The molecule has 0 spiro atoms. The number of hydrogen-bond acceptors (Lipinski definition) is 3. The average Bonchev–Trinajstić information content (AvgIpc) is 3.11. The van der Waals surface area contributed by atoms with E-state index < -0.39 is 0 Å². The van der Waals surface area contributed by atoms with Crippen LogP contribution < -0.4 is 10.9 Å². The van der Waals surface area contributed by atoms with Crippen LogP contribution in [-0.4, -0.2) is 20.3 Å². The van der Waals surface area contributed by atoms with Crippen LogP contribution in [0.3, 0.4) is 0 Å². The first kappa shape index (κ1) is 18.0. The second-order valence-corrected chi connectivity index (χ2v) is 7.20. The number of carbonyl (C=O) groups is 1. The average molecular weight is 374 g/mol. The quantitative estimate of drug-likeness (QED) is 0.593. The number of aryl methyl sites for hydroxylation is 1. The Morgan fingerprint density at radius 3 is 2.54 bits per heavy atom. The van der Waals surface area contributed by atoms with Gasteiger partial charge in [-0.25, -0.2) is 4.68 Å². The molecular formula is C22H22N4O2. The maximum atomic E-state index is 12.8. The van der Waals surface area contributed by atoms with Gasteiger partial charge in [-0.05, 0) is 38.1 Å². The number of anilines is 1. The van der Waals surface area contributed by atoms with Crippen molar-refractivity contribution in [2.45, 2.75) is 26.3 Å². The second-order valence-electron chi connectivity index (χ2n) is 7.20. The van der Waals surface area contributed by atoms with Crippen molar-refractivity contribution >= 4 is 33.3 Å². The maximum absolute atomic E-state index is 12.8. The van der Waals surface area contributed by atoms with E-state index in [9.17, 15) is 9.59 Å². The van der Waals surface area contributed by atoms with Crippen LogP contribution in [0.1, 0.15) is 25.6 Å². The number of fused-ring (bicyclic) bond motifs is 2. The maximum Gasteiger partial charge on any atom is 0.274 e. The summed E-state index contributed by atoms with van der Waals surface area (Å²) in [5, 5.41) is 9.60. The number of hydrogen-bond donors (Lipinski definition) is 1. The number of carbonyl (C=O) groups excluding carboxylic acids is 1. The Hall–Kier alpha value is -3.41. The van der Waals surface area contributed by atoms with Gasteiger partial charge in [-0.3, -0.25) is 9.59 Å². The molecule has 6 nitrogen and oxygen atoms in total. The fourth-order valence-corrected chi connectivity index (χ4v) is 3.60. The highest BCUT2D eigenvalue weighted by atomic mass is 16.1. The molecule has 0 atom stereocenters. The molecule has 0 bridgehead atoms. The van der Waals surface area contributed by atoms with Gasteiger partial charge in [0, 0.05) is 30.1 Å². The Morgan fingerprint density at radius 2 is 1.79 bits per heavy atom. The SMILES string of the molecule is CC(C)n1ccc2c(NC(=O)Cc3nn(C)c(=O)c4ccccc34)cccc21. The molecule has 28 heavy (non-hydrogen) atoms. The van der Waals surface area contributed by atoms with E-state index in [0.717, 1.165) is 16.6 Å². The smallest absolute Gasteiger partial charge is 0.274 e. The lowest BCUT2D eigenvalue weighted by molar-refractivity contribution is -0.115. The summed E-state index contributed by atoms with van der Waals surface area (Å²) in [5.41, 5.74) is 2.27. The molecule has 0 saturated heterocycles. The van der Waals surface area contributed by atoms with Gasteiger partial charge in [0.1, 0.15) is 0 Å². The van der Waals surface area contributed by atoms with Crippen molar-refractivity contribution in [1.82, 2.24) is 14.3 Å². The van der Waals surface area contributed by atoms with Gasteiger partial charge in [0.2, 0.25) is 5.91 Å². The lowest BCUT2D eigenvalue weighted by Gasteiger charge is -2.11. The summed E-state index contributed by atoms with van der Waals surface area (Å²) in [7, 11) is 1.60. The van der Waals surface area contributed by atoms with E-state index >= 15 is 0 Å². The number of aromatic nitrogens is 3. The van der Waals surface area contributed by atoms with Crippen LogP contribution in [0.25, 0.3) is 21.7 Å². The zero-order valence-corrected chi connectivity index (χ0v) is 16.1. The third-order valence-electron chi connectivity index (χ3n) is 4.95. The predicted octanol–water partition coefficient (Wildman–Crippen LogP) is 3.65. The molecule has 0 saturated carbocycles. The largest absolute Gasteiger partial charge is 0.345 e. The number of nitrogens with zero attached hydrogens (tertiary/aromatic N) is 3. The van der Waals surface area contributed by atoms with E-state index in [-0.39, 0.29) is 17.9 Å². The van der Waals surface area contributed by atoms with E-state index in [1.165, 1.54) is 4.68 Å². The highest BCUT2D eigenvalue weighted by Gasteiger charge is 2.14. The Balaban J connectivity index is 1.66. The van der Waals surface area contributed by atoms with Crippen LogP contribution >= 0.6 is 0 Å². The predicted molar refractivity (Wildman–Crippen MR) is 112 cm³/mol. The van der Waals surface area contributed by atoms with Gasteiger partial charge >= 0.3 is 0 Å². The molecule has 0 aliphatic carbocycles. The van der Waals surface area contributed by atoms with Crippen molar-refractivity contribution in [3.63, 3.8) is 0 Å². The third-order valence-corrected chi connectivity index (χ3v) is 4.95. The number of nitrogens with one attached hydrogen (secondary N) is 1. The summed E-state index contributed by atoms with van der Waals surface area (Å²) in [5.74, 6) is -0.166. The molecule has 0 aliphatic rings. The fourth-order valence-electron chi connectivity index (χ4n) is 3.60. The summed E-state index contributed by atoms with van der Waals surface area (Å²) < 4.78 is 3.46. The molecule has 0 unspecified atom stereocenters. The van der Waals surface area contributed by atoms with Gasteiger partial charge in [0.15, 0.2) is 0 Å². The topological polar surface area (TPSA) is 68.9 Å². The summed E-state index contributed by atoms with van der Waals surface area (Å²) in [6.45, 7) is 4.25. The monoisotopic (exact) mass is 374 g/mol. The van der Waals surface area contributed by atoms with Gasteiger partial charge in [-0.1, -0.05) is 24.3 Å². The van der Waals surface area contributed by atoms with Gasteiger partial charge in [-0.15, -0.1) is 0 Å². The summed E-state index contributed by atoms with van der Waals surface area (Å²) in [4.78, 5) is 25.0. The standard InChI is InChI=1S/C22H22N4O2/c1-14(2)26-12-11-17-18(9-6-10-20(17)26)23-21(27)13-19-15-7-4-5-8-16(15)22(28)25(3)24-19/h4-12,14H,13H2,1-3H3,(H,23,27). The molecule has 142 valence electrons. The van der Waals surface area contributed by atoms with Crippen LogP contribution in [0.5, 0.6) is 0 Å². The molecule has 0 fully saturated rings. The van der Waals surface area contributed by atoms with Crippen LogP contribution in [-0.2, 0) is 18.3 Å². The molecule has 2 aromatic carbocycles. The van der Waals surface area contributed by atoms with Crippen molar-refractivity contribution < 1.29 is 4.79 Å². The van der Waals surface area contributed by atoms with Gasteiger partial charge < -0.3 is 9.88 Å². The Morgan fingerprint density at radius 1 is 1.04 bits per heavy atom. The summed E-state index contributed by atoms with van der Waals surface area (Å²) in [6, 6.07) is 15.5. The Labute approximate surface area is 162 Å². The second kappa shape index (κ2) is 6.96. The first-order chi connectivity index (χ1) is 13.5. The number of rotatable bonds is 4. The van der Waals surface area contributed by atoms with Crippen LogP contribution in [0.2, 0.25) is 0 Å². The van der Waals surface area contributed by atoms with E-state index in [2.05, 4.69) is 28.8 Å². The molecule has 4 aromatic rings. The Bertz CT molecular complexity index is 1250. The van der Waals surface area contributed by atoms with Gasteiger partial charge in [-0.2, -0.15) is 5.10 Å². The molecule has 2 heterocycles. The number of amides is 1. The van der Waals surface area contributed by atoms with Crippen molar-refractivity contribution in [2.75, 3.05) is 5.32 Å². The minimum Gasteiger partial charge on any atom is -0.345 e.